The molecule has 16 heavy (non-hydrogen) atoms. The predicted octanol–water partition coefficient (Wildman–Crippen LogP) is 2.23. The van der Waals surface area contributed by atoms with Crippen molar-refractivity contribution in [2.24, 2.45) is 0 Å². The van der Waals surface area contributed by atoms with Gasteiger partial charge in [-0.15, -0.1) is 0 Å². The average molecular weight is 261 g/mol. The first kappa shape index (κ1) is 12.5. The van der Waals surface area contributed by atoms with Gasteiger partial charge < -0.3 is 4.74 Å². The van der Waals surface area contributed by atoms with Crippen molar-refractivity contribution in [1.82, 2.24) is 9.97 Å². The third-order valence-corrected chi connectivity index (χ3v) is 2.06. The predicted molar refractivity (Wildman–Crippen MR) is 57.2 cm³/mol. The maximum Gasteiger partial charge on any atom is 0.428 e. The van der Waals surface area contributed by atoms with E-state index in [0.29, 0.717) is 4.90 Å². The zero-order valence-corrected chi connectivity index (χ0v) is 9.66. The normalized spacial score (nSPS) is 9.38. The van der Waals surface area contributed by atoms with Gasteiger partial charge in [-0.25, -0.2) is 14.8 Å². The van der Waals surface area contributed by atoms with E-state index < -0.39 is 6.09 Å². The van der Waals surface area contributed by atoms with Gasteiger partial charge in [0.15, 0.2) is 16.5 Å². The molecule has 1 heterocycles. The standard InChI is InChI=1S/C8H6Cl2N4O2/c1-2-16-8(15)14(3-11)5-6(9)12-4-13-7(5)10/h4H,2H2,1H3. The number of carbonyl (C=O) groups excluding carboxylic acids is 1. The summed E-state index contributed by atoms with van der Waals surface area (Å²) in [6.07, 6.45) is 1.83. The van der Waals surface area contributed by atoms with E-state index in [1.165, 1.54) is 0 Å². The summed E-state index contributed by atoms with van der Waals surface area (Å²) in [6.45, 7) is 1.73. The van der Waals surface area contributed by atoms with Gasteiger partial charge in [0.25, 0.3) is 0 Å². The first-order valence-electron chi connectivity index (χ1n) is 4.14. The minimum Gasteiger partial charge on any atom is -0.449 e. The molecule has 84 valence electrons. The van der Waals surface area contributed by atoms with E-state index >= 15 is 0 Å². The number of nitrogens with zero attached hydrogens (tertiary/aromatic N) is 4. The van der Waals surface area contributed by atoms with Crippen molar-refractivity contribution >= 4 is 35.0 Å². The van der Waals surface area contributed by atoms with Gasteiger partial charge in [-0.05, 0) is 6.92 Å². The van der Waals surface area contributed by atoms with Crippen LogP contribution in [0.1, 0.15) is 6.92 Å². The topological polar surface area (TPSA) is 79.1 Å². The SMILES string of the molecule is CCOC(=O)N(C#N)c1c(Cl)ncnc1Cl. The highest BCUT2D eigenvalue weighted by molar-refractivity contribution is 6.38. The van der Waals surface area contributed by atoms with Crippen LogP contribution in [0.4, 0.5) is 10.5 Å². The molecule has 0 aliphatic heterocycles. The summed E-state index contributed by atoms with van der Waals surface area (Å²) in [6, 6.07) is 0. The minimum absolute atomic E-state index is 0.0909. The monoisotopic (exact) mass is 260 g/mol. The zero-order chi connectivity index (χ0) is 12.1. The maximum absolute atomic E-state index is 11.4. The summed E-state index contributed by atoms with van der Waals surface area (Å²) in [5, 5.41) is 8.62. The fraction of sp³-hybridized carbons (Fsp3) is 0.250. The molecule has 1 aromatic heterocycles. The van der Waals surface area contributed by atoms with Gasteiger partial charge in [0, 0.05) is 0 Å². The Balaban J connectivity index is 3.15. The highest BCUT2D eigenvalue weighted by atomic mass is 35.5. The number of halogens is 2. The van der Waals surface area contributed by atoms with Gasteiger partial charge in [-0.3, -0.25) is 0 Å². The van der Waals surface area contributed by atoms with Gasteiger partial charge in [0.1, 0.15) is 12.0 Å². The van der Waals surface area contributed by atoms with E-state index in [-0.39, 0.29) is 22.6 Å². The fourth-order valence-corrected chi connectivity index (χ4v) is 1.38. The lowest BCUT2D eigenvalue weighted by Crippen LogP contribution is -2.27. The molecule has 0 N–H and O–H groups in total. The van der Waals surface area contributed by atoms with Gasteiger partial charge in [0.05, 0.1) is 6.61 Å². The summed E-state index contributed by atoms with van der Waals surface area (Å²) >= 11 is 11.4. The Hall–Kier alpha value is -1.58. The molecule has 1 rings (SSSR count). The Kier molecular flexibility index (Phi) is 4.28. The highest BCUT2D eigenvalue weighted by Crippen LogP contribution is 2.29. The molecule has 0 radical (unpaired) electrons. The molecule has 0 fully saturated rings. The van der Waals surface area contributed by atoms with Crippen LogP contribution < -0.4 is 4.90 Å². The Labute approximate surface area is 101 Å². The van der Waals surface area contributed by atoms with Crippen molar-refractivity contribution in [2.75, 3.05) is 11.5 Å². The minimum atomic E-state index is -0.886. The molecule has 6 nitrogen and oxygen atoms in total. The average Bonchev–Trinajstić information content (AvgIpc) is 2.24. The van der Waals surface area contributed by atoms with Gasteiger partial charge in [0.2, 0.25) is 0 Å². The van der Waals surface area contributed by atoms with Crippen LogP contribution in [0.5, 0.6) is 0 Å². The van der Waals surface area contributed by atoms with Crippen molar-refractivity contribution in [2.45, 2.75) is 6.92 Å². The van der Waals surface area contributed by atoms with Crippen LogP contribution in [0, 0.1) is 11.5 Å². The molecular formula is C8H6Cl2N4O2. The number of nitriles is 1. The Morgan fingerprint density at radius 2 is 2.12 bits per heavy atom. The van der Waals surface area contributed by atoms with Gasteiger partial charge >= 0.3 is 6.09 Å². The lowest BCUT2D eigenvalue weighted by molar-refractivity contribution is 0.162. The second-order valence-electron chi connectivity index (χ2n) is 2.44. The van der Waals surface area contributed by atoms with Gasteiger partial charge in [-0.2, -0.15) is 10.2 Å². The lowest BCUT2D eigenvalue weighted by atomic mass is 10.5. The summed E-state index contributed by atoms with van der Waals surface area (Å²) in [5.41, 5.74) is -0.0909. The first-order chi connectivity index (χ1) is 7.61. The third-order valence-electron chi connectivity index (χ3n) is 1.51. The van der Waals surface area contributed by atoms with Crippen LogP contribution >= 0.6 is 23.2 Å². The zero-order valence-electron chi connectivity index (χ0n) is 8.15. The number of hydrogen-bond donors (Lipinski definition) is 0. The second kappa shape index (κ2) is 5.49. The number of carbonyl (C=O) groups is 1. The smallest absolute Gasteiger partial charge is 0.428 e. The third kappa shape index (κ3) is 2.51. The molecule has 8 heteroatoms. The number of rotatable bonds is 2. The number of hydrogen-bond acceptors (Lipinski definition) is 5. The van der Waals surface area contributed by atoms with E-state index in [1.54, 1.807) is 13.1 Å². The van der Waals surface area contributed by atoms with Crippen molar-refractivity contribution in [3.63, 3.8) is 0 Å². The molecular weight excluding hydrogens is 255 g/mol. The summed E-state index contributed by atoms with van der Waals surface area (Å²) in [5.74, 6) is 0. The molecule has 0 saturated heterocycles. The molecule has 0 atom stereocenters. The summed E-state index contributed by atoms with van der Waals surface area (Å²) in [4.78, 5) is 19.2. The number of amides is 1. The van der Waals surface area contributed by atoms with Gasteiger partial charge in [-0.1, -0.05) is 23.2 Å². The Morgan fingerprint density at radius 3 is 2.56 bits per heavy atom. The van der Waals surface area contributed by atoms with Crippen molar-refractivity contribution < 1.29 is 9.53 Å². The first-order valence-corrected chi connectivity index (χ1v) is 4.90. The molecule has 1 aromatic rings. The molecule has 1 amide bonds. The molecule has 0 bridgehead atoms. The Bertz CT molecular complexity index is 426. The van der Waals surface area contributed by atoms with Crippen LogP contribution in [0.2, 0.25) is 10.3 Å². The van der Waals surface area contributed by atoms with Crippen LogP contribution in [-0.2, 0) is 4.74 Å². The van der Waals surface area contributed by atoms with Crippen molar-refractivity contribution in [3.8, 4) is 6.19 Å². The van der Waals surface area contributed by atoms with Crippen LogP contribution in [0.25, 0.3) is 0 Å². The number of anilines is 1. The van der Waals surface area contributed by atoms with E-state index in [4.69, 9.17) is 28.5 Å². The van der Waals surface area contributed by atoms with E-state index in [1.807, 2.05) is 0 Å². The largest absolute Gasteiger partial charge is 0.449 e. The summed E-state index contributed by atoms with van der Waals surface area (Å²) in [7, 11) is 0. The molecule has 0 spiro atoms. The second-order valence-corrected chi connectivity index (χ2v) is 3.15. The molecule has 0 aliphatic rings. The van der Waals surface area contributed by atoms with Crippen LogP contribution in [-0.4, -0.2) is 22.7 Å². The fourth-order valence-electron chi connectivity index (χ4n) is 0.892. The molecule has 0 aromatic carbocycles. The molecule has 0 aliphatic carbocycles. The van der Waals surface area contributed by atoms with E-state index in [0.717, 1.165) is 6.33 Å². The quantitative estimate of drug-likeness (QED) is 0.463. The van der Waals surface area contributed by atoms with Crippen molar-refractivity contribution in [1.29, 1.82) is 5.26 Å². The van der Waals surface area contributed by atoms with Crippen LogP contribution in [0.3, 0.4) is 0 Å². The van der Waals surface area contributed by atoms with Crippen molar-refractivity contribution in [3.05, 3.63) is 16.6 Å². The lowest BCUT2D eigenvalue weighted by Gasteiger charge is -2.14. The number of ether oxygens (including phenoxy) is 1. The number of aromatic nitrogens is 2. The van der Waals surface area contributed by atoms with E-state index in [2.05, 4.69) is 14.7 Å². The Morgan fingerprint density at radius 1 is 1.56 bits per heavy atom. The highest BCUT2D eigenvalue weighted by Gasteiger charge is 2.23. The van der Waals surface area contributed by atoms with E-state index in [9.17, 15) is 4.79 Å². The van der Waals surface area contributed by atoms with Crippen LogP contribution in [0.15, 0.2) is 6.33 Å². The molecule has 0 saturated carbocycles. The summed E-state index contributed by atoms with van der Waals surface area (Å²) < 4.78 is 4.65. The molecule has 0 unspecified atom stereocenters. The maximum atomic E-state index is 11.4.